The Kier molecular flexibility index (Phi) is 5.16. The maximum Gasteiger partial charge on any atom is 0.260 e. The van der Waals surface area contributed by atoms with E-state index < -0.39 is 6.10 Å². The SMILES string of the molecule is CC(Oc1ccccc1)C(=O)NCCCn1ccc2ccccc21. The van der Waals surface area contributed by atoms with Crippen molar-refractivity contribution in [3.63, 3.8) is 0 Å². The molecule has 0 bridgehead atoms. The Labute approximate surface area is 142 Å². The van der Waals surface area contributed by atoms with Gasteiger partial charge in [-0.25, -0.2) is 0 Å². The molecule has 0 saturated heterocycles. The fourth-order valence-electron chi connectivity index (χ4n) is 2.70. The Morgan fingerprint density at radius 3 is 2.67 bits per heavy atom. The maximum absolute atomic E-state index is 12.1. The second kappa shape index (κ2) is 7.68. The normalized spacial score (nSPS) is 12.0. The monoisotopic (exact) mass is 322 g/mol. The number of aromatic nitrogens is 1. The summed E-state index contributed by atoms with van der Waals surface area (Å²) in [6.45, 7) is 3.28. The van der Waals surface area contributed by atoms with Gasteiger partial charge in [-0.05, 0) is 43.0 Å². The molecule has 24 heavy (non-hydrogen) atoms. The first kappa shape index (κ1) is 16.1. The number of nitrogens with one attached hydrogen (secondary N) is 1. The number of hydrogen-bond acceptors (Lipinski definition) is 2. The van der Waals surface area contributed by atoms with Crippen molar-refractivity contribution in [3.05, 3.63) is 66.9 Å². The van der Waals surface area contributed by atoms with E-state index in [2.05, 4.69) is 34.3 Å². The van der Waals surface area contributed by atoms with E-state index in [9.17, 15) is 4.79 Å². The number of hydrogen-bond donors (Lipinski definition) is 1. The molecule has 2 aromatic carbocycles. The number of aryl methyl sites for hydroxylation is 1. The highest BCUT2D eigenvalue weighted by Crippen LogP contribution is 2.15. The standard InChI is InChI=1S/C20H22N2O2/c1-16(24-18-9-3-2-4-10-18)20(23)21-13-7-14-22-15-12-17-8-5-6-11-19(17)22/h2-6,8-12,15-16H,7,13-14H2,1H3,(H,21,23). The van der Waals surface area contributed by atoms with Gasteiger partial charge in [-0.3, -0.25) is 4.79 Å². The summed E-state index contributed by atoms with van der Waals surface area (Å²) in [5.74, 6) is 0.621. The van der Waals surface area contributed by atoms with Crippen LogP contribution in [0.5, 0.6) is 5.75 Å². The number of ether oxygens (including phenoxy) is 1. The highest BCUT2D eigenvalue weighted by Gasteiger charge is 2.13. The Morgan fingerprint density at radius 1 is 1.08 bits per heavy atom. The van der Waals surface area contributed by atoms with Crippen LogP contribution in [0.4, 0.5) is 0 Å². The lowest BCUT2D eigenvalue weighted by atomic mass is 10.2. The van der Waals surface area contributed by atoms with Gasteiger partial charge in [0.1, 0.15) is 5.75 Å². The van der Waals surface area contributed by atoms with Gasteiger partial charge in [-0.1, -0.05) is 36.4 Å². The van der Waals surface area contributed by atoms with Gasteiger partial charge < -0.3 is 14.6 Å². The van der Waals surface area contributed by atoms with E-state index in [4.69, 9.17) is 4.74 Å². The number of rotatable bonds is 7. The summed E-state index contributed by atoms with van der Waals surface area (Å²) >= 11 is 0. The number of carbonyl (C=O) groups is 1. The molecule has 0 fully saturated rings. The third-order valence-electron chi connectivity index (χ3n) is 3.98. The van der Waals surface area contributed by atoms with Crippen molar-refractivity contribution in [2.45, 2.75) is 26.0 Å². The first-order chi connectivity index (χ1) is 11.7. The van der Waals surface area contributed by atoms with Crippen LogP contribution in [0.25, 0.3) is 10.9 Å². The van der Waals surface area contributed by atoms with Crippen molar-refractivity contribution in [1.29, 1.82) is 0 Å². The van der Waals surface area contributed by atoms with Gasteiger partial charge in [-0.15, -0.1) is 0 Å². The zero-order valence-electron chi connectivity index (χ0n) is 13.8. The molecule has 3 rings (SSSR count). The smallest absolute Gasteiger partial charge is 0.260 e. The Balaban J connectivity index is 1.43. The molecule has 1 atom stereocenters. The molecule has 1 aromatic heterocycles. The Bertz CT molecular complexity index is 796. The van der Waals surface area contributed by atoms with Gasteiger partial charge >= 0.3 is 0 Å². The zero-order valence-corrected chi connectivity index (χ0v) is 13.8. The lowest BCUT2D eigenvalue weighted by Crippen LogP contribution is -2.37. The number of para-hydroxylation sites is 2. The van der Waals surface area contributed by atoms with Crippen LogP contribution in [0, 0.1) is 0 Å². The predicted octanol–water partition coefficient (Wildman–Crippen LogP) is 3.62. The summed E-state index contributed by atoms with van der Waals surface area (Å²) < 4.78 is 7.83. The van der Waals surface area contributed by atoms with Crippen molar-refractivity contribution in [2.75, 3.05) is 6.54 Å². The van der Waals surface area contributed by atoms with E-state index >= 15 is 0 Å². The molecule has 0 radical (unpaired) electrons. The second-order valence-electron chi connectivity index (χ2n) is 5.79. The summed E-state index contributed by atoms with van der Waals surface area (Å²) in [7, 11) is 0. The minimum absolute atomic E-state index is 0.0868. The first-order valence-electron chi connectivity index (χ1n) is 8.27. The molecule has 0 saturated carbocycles. The lowest BCUT2D eigenvalue weighted by molar-refractivity contribution is -0.127. The molecule has 1 amide bonds. The molecule has 124 valence electrons. The van der Waals surface area contributed by atoms with Crippen molar-refractivity contribution in [2.24, 2.45) is 0 Å². The molecule has 4 heteroatoms. The third-order valence-corrected chi connectivity index (χ3v) is 3.98. The average Bonchev–Trinajstić information content (AvgIpc) is 3.02. The highest BCUT2D eigenvalue weighted by molar-refractivity contribution is 5.81. The average molecular weight is 322 g/mol. The van der Waals surface area contributed by atoms with E-state index in [1.165, 1.54) is 10.9 Å². The Morgan fingerprint density at radius 2 is 1.83 bits per heavy atom. The lowest BCUT2D eigenvalue weighted by Gasteiger charge is -2.14. The largest absolute Gasteiger partial charge is 0.481 e. The second-order valence-corrected chi connectivity index (χ2v) is 5.79. The van der Waals surface area contributed by atoms with Crippen molar-refractivity contribution >= 4 is 16.8 Å². The fraction of sp³-hybridized carbons (Fsp3) is 0.250. The summed E-state index contributed by atoms with van der Waals surface area (Å²) in [5.41, 5.74) is 1.23. The number of nitrogens with zero attached hydrogens (tertiary/aromatic N) is 1. The minimum atomic E-state index is -0.500. The quantitative estimate of drug-likeness (QED) is 0.675. The van der Waals surface area contributed by atoms with Gasteiger partial charge in [-0.2, -0.15) is 0 Å². The Hall–Kier alpha value is -2.75. The molecule has 0 aliphatic heterocycles. The van der Waals surface area contributed by atoms with Gasteiger partial charge in [0.25, 0.3) is 5.91 Å². The van der Waals surface area contributed by atoms with Crippen LogP contribution in [0.15, 0.2) is 66.9 Å². The van der Waals surface area contributed by atoms with Crippen LogP contribution < -0.4 is 10.1 Å². The molecule has 0 aliphatic rings. The van der Waals surface area contributed by atoms with Crippen molar-refractivity contribution in [3.8, 4) is 5.75 Å². The van der Waals surface area contributed by atoms with E-state index in [-0.39, 0.29) is 5.91 Å². The van der Waals surface area contributed by atoms with E-state index in [0.29, 0.717) is 12.3 Å². The third kappa shape index (κ3) is 3.96. The molecule has 0 aliphatic carbocycles. The molecule has 3 aromatic rings. The maximum atomic E-state index is 12.1. The van der Waals surface area contributed by atoms with Crippen LogP contribution >= 0.6 is 0 Å². The summed E-state index contributed by atoms with van der Waals surface area (Å²) in [6.07, 6.45) is 2.47. The van der Waals surface area contributed by atoms with Crippen LogP contribution in [0.3, 0.4) is 0 Å². The summed E-state index contributed by atoms with van der Waals surface area (Å²) in [6, 6.07) is 19.8. The number of benzene rings is 2. The van der Waals surface area contributed by atoms with Gasteiger partial charge in [0.2, 0.25) is 0 Å². The molecule has 1 N–H and O–H groups in total. The van der Waals surface area contributed by atoms with Crippen molar-refractivity contribution < 1.29 is 9.53 Å². The van der Waals surface area contributed by atoms with Gasteiger partial charge in [0.15, 0.2) is 6.10 Å². The fourth-order valence-corrected chi connectivity index (χ4v) is 2.70. The molecular weight excluding hydrogens is 300 g/mol. The molecule has 0 spiro atoms. The van der Waals surface area contributed by atoms with E-state index in [0.717, 1.165) is 13.0 Å². The van der Waals surface area contributed by atoms with Crippen LogP contribution in [-0.2, 0) is 11.3 Å². The van der Waals surface area contributed by atoms with Crippen LogP contribution in [0.2, 0.25) is 0 Å². The van der Waals surface area contributed by atoms with Gasteiger partial charge in [0, 0.05) is 24.8 Å². The van der Waals surface area contributed by atoms with Crippen LogP contribution in [0.1, 0.15) is 13.3 Å². The van der Waals surface area contributed by atoms with Crippen molar-refractivity contribution in [1.82, 2.24) is 9.88 Å². The summed E-state index contributed by atoms with van der Waals surface area (Å²) in [5, 5.41) is 4.18. The molecule has 4 nitrogen and oxygen atoms in total. The van der Waals surface area contributed by atoms with Crippen LogP contribution in [-0.4, -0.2) is 23.1 Å². The first-order valence-corrected chi connectivity index (χ1v) is 8.27. The predicted molar refractivity (Wildman–Crippen MR) is 96.1 cm³/mol. The topological polar surface area (TPSA) is 43.3 Å². The highest BCUT2D eigenvalue weighted by atomic mass is 16.5. The minimum Gasteiger partial charge on any atom is -0.481 e. The zero-order chi connectivity index (χ0) is 16.8. The molecular formula is C20H22N2O2. The number of amides is 1. The molecule has 1 unspecified atom stereocenters. The molecule has 1 heterocycles. The number of carbonyl (C=O) groups excluding carboxylic acids is 1. The number of fused-ring (bicyclic) bond motifs is 1. The van der Waals surface area contributed by atoms with E-state index in [1.807, 2.05) is 42.5 Å². The van der Waals surface area contributed by atoms with Gasteiger partial charge in [0.05, 0.1) is 0 Å². The summed E-state index contributed by atoms with van der Waals surface area (Å²) in [4.78, 5) is 12.1. The van der Waals surface area contributed by atoms with E-state index in [1.54, 1.807) is 6.92 Å².